The maximum absolute atomic E-state index is 8.88. The molecule has 0 radical (unpaired) electrons. The van der Waals surface area contributed by atoms with Crippen LogP contribution in [0.2, 0.25) is 0 Å². The first kappa shape index (κ1) is 13.0. The molecule has 0 unspecified atom stereocenters. The lowest BCUT2D eigenvalue weighted by Crippen LogP contribution is -2.26. The molecule has 90 valence electrons. The molecule has 0 amide bonds. The Bertz CT molecular complexity index is 313. The van der Waals surface area contributed by atoms with Gasteiger partial charge < -0.3 is 15.7 Å². The summed E-state index contributed by atoms with van der Waals surface area (Å²) >= 11 is 0. The molecule has 3 nitrogen and oxygen atoms in total. The maximum Gasteiger partial charge on any atom is 0.0447 e. The molecule has 0 saturated carbocycles. The van der Waals surface area contributed by atoms with Crippen LogP contribution in [0.5, 0.6) is 0 Å². The molecule has 3 heteroatoms. The van der Waals surface area contributed by atoms with Crippen molar-refractivity contribution in [2.45, 2.75) is 26.3 Å². The van der Waals surface area contributed by atoms with Gasteiger partial charge in [-0.3, -0.25) is 0 Å². The zero-order valence-corrected chi connectivity index (χ0v) is 10.2. The van der Waals surface area contributed by atoms with Crippen molar-refractivity contribution in [3.05, 3.63) is 29.8 Å². The maximum atomic E-state index is 8.88. The van der Waals surface area contributed by atoms with E-state index in [1.807, 2.05) is 19.1 Å². The number of benzene rings is 1. The van der Waals surface area contributed by atoms with Gasteiger partial charge in [-0.1, -0.05) is 18.2 Å². The highest BCUT2D eigenvalue weighted by molar-refractivity contribution is 5.54. The summed E-state index contributed by atoms with van der Waals surface area (Å²) in [6.07, 6.45) is 0.793. The van der Waals surface area contributed by atoms with Crippen molar-refractivity contribution in [3.63, 3.8) is 0 Å². The molecular formula is C13H22N2O. The van der Waals surface area contributed by atoms with Crippen molar-refractivity contribution < 1.29 is 5.11 Å². The molecular weight excluding hydrogens is 200 g/mol. The van der Waals surface area contributed by atoms with E-state index in [0.717, 1.165) is 19.5 Å². The monoisotopic (exact) mass is 222 g/mol. The first-order chi connectivity index (χ1) is 7.70. The highest BCUT2D eigenvalue weighted by atomic mass is 16.3. The fourth-order valence-electron chi connectivity index (χ4n) is 1.87. The topological polar surface area (TPSA) is 49.5 Å². The Morgan fingerprint density at radius 3 is 2.62 bits per heavy atom. The summed E-state index contributed by atoms with van der Waals surface area (Å²) < 4.78 is 0. The predicted molar refractivity (Wildman–Crippen MR) is 68.6 cm³/mol. The molecule has 0 aromatic heterocycles. The highest BCUT2D eigenvalue weighted by Crippen LogP contribution is 2.24. The summed E-state index contributed by atoms with van der Waals surface area (Å²) in [7, 11) is 0. The van der Waals surface area contributed by atoms with Gasteiger partial charge in [0.2, 0.25) is 0 Å². The number of nitrogens with zero attached hydrogens (tertiary/aromatic N) is 1. The van der Waals surface area contributed by atoms with Gasteiger partial charge in [0.05, 0.1) is 0 Å². The third kappa shape index (κ3) is 3.22. The molecule has 0 fully saturated rings. The van der Waals surface area contributed by atoms with Crippen molar-refractivity contribution in [2.24, 2.45) is 5.73 Å². The van der Waals surface area contributed by atoms with Crippen molar-refractivity contribution in [3.8, 4) is 0 Å². The molecule has 0 bridgehead atoms. The SMILES string of the molecule is CCN(CCCO)c1ccccc1[C@H](C)N. The van der Waals surface area contributed by atoms with Crippen LogP contribution >= 0.6 is 0 Å². The minimum absolute atomic E-state index is 0.0411. The first-order valence-corrected chi connectivity index (χ1v) is 5.91. The van der Waals surface area contributed by atoms with Crippen LogP contribution < -0.4 is 10.6 Å². The zero-order chi connectivity index (χ0) is 12.0. The standard InChI is InChI=1S/C13H22N2O/c1-3-15(9-6-10-16)13-8-5-4-7-12(13)11(2)14/h4-5,7-8,11,16H,3,6,9-10,14H2,1-2H3/t11-/m0/s1. The largest absolute Gasteiger partial charge is 0.396 e. The summed E-state index contributed by atoms with van der Waals surface area (Å²) in [5.41, 5.74) is 8.32. The lowest BCUT2D eigenvalue weighted by atomic mass is 10.1. The molecule has 0 spiro atoms. The van der Waals surface area contributed by atoms with Gasteiger partial charge in [0.25, 0.3) is 0 Å². The van der Waals surface area contributed by atoms with E-state index in [0.29, 0.717) is 0 Å². The number of aliphatic hydroxyl groups excluding tert-OH is 1. The molecule has 1 aromatic rings. The number of aliphatic hydroxyl groups is 1. The normalized spacial score (nSPS) is 12.5. The van der Waals surface area contributed by atoms with Gasteiger partial charge in [0, 0.05) is 31.4 Å². The second kappa shape index (κ2) is 6.51. The Morgan fingerprint density at radius 1 is 1.38 bits per heavy atom. The minimum atomic E-state index is 0.0411. The molecule has 0 heterocycles. The van der Waals surface area contributed by atoms with Gasteiger partial charge in [0.1, 0.15) is 0 Å². The van der Waals surface area contributed by atoms with Crippen LogP contribution in [0.1, 0.15) is 31.9 Å². The Morgan fingerprint density at radius 2 is 2.06 bits per heavy atom. The third-order valence-electron chi connectivity index (χ3n) is 2.74. The smallest absolute Gasteiger partial charge is 0.0447 e. The van der Waals surface area contributed by atoms with E-state index in [1.165, 1.54) is 11.3 Å². The van der Waals surface area contributed by atoms with Gasteiger partial charge in [0.15, 0.2) is 0 Å². The number of hydrogen-bond donors (Lipinski definition) is 2. The Balaban J connectivity index is 2.90. The second-order valence-electron chi connectivity index (χ2n) is 4.00. The van der Waals surface area contributed by atoms with E-state index in [2.05, 4.69) is 24.0 Å². The molecule has 0 saturated heterocycles. The first-order valence-electron chi connectivity index (χ1n) is 5.91. The number of para-hydroxylation sites is 1. The lowest BCUT2D eigenvalue weighted by Gasteiger charge is -2.26. The van der Waals surface area contributed by atoms with Crippen LogP contribution in [0, 0.1) is 0 Å². The Labute approximate surface area is 97.9 Å². The molecule has 0 aliphatic carbocycles. The predicted octanol–water partition coefficient (Wildman–Crippen LogP) is 1.92. The fourth-order valence-corrected chi connectivity index (χ4v) is 1.87. The van der Waals surface area contributed by atoms with Gasteiger partial charge >= 0.3 is 0 Å². The lowest BCUT2D eigenvalue weighted by molar-refractivity contribution is 0.289. The molecule has 0 aliphatic rings. The number of nitrogens with two attached hydrogens (primary N) is 1. The van der Waals surface area contributed by atoms with Crippen molar-refractivity contribution >= 4 is 5.69 Å². The Hall–Kier alpha value is -1.06. The van der Waals surface area contributed by atoms with Crippen molar-refractivity contribution in [1.82, 2.24) is 0 Å². The van der Waals surface area contributed by atoms with Crippen LogP contribution in [0.4, 0.5) is 5.69 Å². The summed E-state index contributed by atoms with van der Waals surface area (Å²) in [4.78, 5) is 2.26. The average Bonchev–Trinajstić information content (AvgIpc) is 2.30. The highest BCUT2D eigenvalue weighted by Gasteiger charge is 2.11. The summed E-state index contributed by atoms with van der Waals surface area (Å²) in [5, 5.41) is 8.88. The van der Waals surface area contributed by atoms with E-state index in [4.69, 9.17) is 10.8 Å². The van der Waals surface area contributed by atoms with Crippen LogP contribution in [0.15, 0.2) is 24.3 Å². The quantitative estimate of drug-likeness (QED) is 0.773. The summed E-state index contributed by atoms with van der Waals surface area (Å²) in [6.45, 7) is 6.16. The molecule has 1 aromatic carbocycles. The molecule has 0 aliphatic heterocycles. The van der Waals surface area contributed by atoms with E-state index in [1.54, 1.807) is 0 Å². The van der Waals surface area contributed by atoms with Gasteiger partial charge in [-0.05, 0) is 31.9 Å². The van der Waals surface area contributed by atoms with E-state index < -0.39 is 0 Å². The van der Waals surface area contributed by atoms with E-state index >= 15 is 0 Å². The Kier molecular flexibility index (Phi) is 5.29. The number of hydrogen-bond acceptors (Lipinski definition) is 3. The zero-order valence-electron chi connectivity index (χ0n) is 10.2. The van der Waals surface area contributed by atoms with Crippen LogP contribution in [-0.2, 0) is 0 Å². The number of anilines is 1. The van der Waals surface area contributed by atoms with Crippen LogP contribution in [-0.4, -0.2) is 24.8 Å². The van der Waals surface area contributed by atoms with E-state index in [-0.39, 0.29) is 12.6 Å². The summed E-state index contributed by atoms with van der Waals surface area (Å²) in [5.74, 6) is 0. The molecule has 1 rings (SSSR count). The minimum Gasteiger partial charge on any atom is -0.396 e. The molecule has 1 atom stereocenters. The molecule has 16 heavy (non-hydrogen) atoms. The van der Waals surface area contributed by atoms with Gasteiger partial charge in [-0.15, -0.1) is 0 Å². The van der Waals surface area contributed by atoms with Crippen LogP contribution in [0.3, 0.4) is 0 Å². The average molecular weight is 222 g/mol. The van der Waals surface area contributed by atoms with Gasteiger partial charge in [-0.2, -0.15) is 0 Å². The third-order valence-corrected chi connectivity index (χ3v) is 2.74. The van der Waals surface area contributed by atoms with E-state index in [9.17, 15) is 0 Å². The van der Waals surface area contributed by atoms with Crippen molar-refractivity contribution in [1.29, 1.82) is 0 Å². The second-order valence-corrected chi connectivity index (χ2v) is 4.00. The van der Waals surface area contributed by atoms with Gasteiger partial charge in [-0.25, -0.2) is 0 Å². The number of rotatable bonds is 6. The van der Waals surface area contributed by atoms with Crippen LogP contribution in [0.25, 0.3) is 0 Å². The molecule has 3 N–H and O–H groups in total. The fraction of sp³-hybridized carbons (Fsp3) is 0.538. The summed E-state index contributed by atoms with van der Waals surface area (Å²) in [6, 6.07) is 8.26. The van der Waals surface area contributed by atoms with Crippen molar-refractivity contribution in [2.75, 3.05) is 24.6 Å².